The van der Waals surface area contributed by atoms with Gasteiger partial charge in [-0.3, -0.25) is 9.47 Å². The van der Waals surface area contributed by atoms with Crippen LogP contribution in [0.2, 0.25) is 0 Å². The van der Waals surface area contributed by atoms with E-state index in [4.69, 9.17) is 14.7 Å². The molecule has 3 aromatic rings. The summed E-state index contributed by atoms with van der Waals surface area (Å²) in [6.07, 6.45) is 1.57. The summed E-state index contributed by atoms with van der Waals surface area (Å²) in [5.74, 6) is 1.62. The van der Waals surface area contributed by atoms with E-state index in [1.54, 1.807) is 24.3 Å². The second-order valence-electron chi connectivity index (χ2n) is 10.5. The van der Waals surface area contributed by atoms with Crippen LogP contribution in [0.25, 0.3) is 16.9 Å². The lowest BCUT2D eigenvalue weighted by Gasteiger charge is -2.39. The minimum Gasteiger partial charge on any atom is -0.395 e. The fourth-order valence-electron chi connectivity index (χ4n) is 5.95. The summed E-state index contributed by atoms with van der Waals surface area (Å²) in [7, 11) is 0. The van der Waals surface area contributed by atoms with E-state index in [0.717, 1.165) is 32.2 Å². The number of rotatable bonds is 10. The SMILES string of the molecule is CCN(C(C)CO)C1CCC(CNc2nc(N3CCOCC3)cc(-n3c(C(F)F)nc4ccccc43)n2)CC1. The first-order valence-corrected chi connectivity index (χ1v) is 14.1. The van der Waals surface area contributed by atoms with Gasteiger partial charge in [-0.25, -0.2) is 13.8 Å². The van der Waals surface area contributed by atoms with Crippen LogP contribution < -0.4 is 10.2 Å². The number of fused-ring (bicyclic) bond motifs is 1. The molecule has 1 saturated carbocycles. The van der Waals surface area contributed by atoms with Crippen molar-refractivity contribution in [1.82, 2.24) is 24.4 Å². The Bertz CT molecular complexity index is 1230. The molecule has 39 heavy (non-hydrogen) atoms. The molecule has 0 spiro atoms. The number of morpholine rings is 1. The van der Waals surface area contributed by atoms with Crippen molar-refractivity contribution in [3.63, 3.8) is 0 Å². The Morgan fingerprint density at radius 3 is 2.49 bits per heavy atom. The lowest BCUT2D eigenvalue weighted by Crippen LogP contribution is -2.45. The Morgan fingerprint density at radius 2 is 1.79 bits per heavy atom. The highest BCUT2D eigenvalue weighted by atomic mass is 19.3. The van der Waals surface area contributed by atoms with Crippen LogP contribution in [-0.2, 0) is 4.74 Å². The van der Waals surface area contributed by atoms with Crippen molar-refractivity contribution in [2.75, 3.05) is 56.2 Å². The first kappa shape index (κ1) is 27.7. The number of nitrogens with zero attached hydrogens (tertiary/aromatic N) is 6. The zero-order valence-corrected chi connectivity index (χ0v) is 22.8. The second-order valence-corrected chi connectivity index (χ2v) is 10.5. The number of hydrogen-bond acceptors (Lipinski definition) is 8. The predicted octanol–water partition coefficient (Wildman–Crippen LogP) is 4.26. The number of halogens is 2. The van der Waals surface area contributed by atoms with Crippen LogP contribution >= 0.6 is 0 Å². The third-order valence-corrected chi connectivity index (χ3v) is 8.07. The molecule has 1 saturated heterocycles. The summed E-state index contributed by atoms with van der Waals surface area (Å²) in [6, 6.07) is 9.55. The van der Waals surface area contributed by atoms with Crippen molar-refractivity contribution in [2.45, 2.75) is 58.0 Å². The lowest BCUT2D eigenvalue weighted by molar-refractivity contribution is 0.0709. The largest absolute Gasteiger partial charge is 0.395 e. The topological polar surface area (TPSA) is 91.6 Å². The number of aliphatic hydroxyl groups excluding tert-OH is 1. The van der Waals surface area contributed by atoms with Crippen molar-refractivity contribution >= 4 is 22.8 Å². The maximum absolute atomic E-state index is 14.1. The number of likely N-dealkylation sites (N-methyl/N-ethyl adjacent to an activating group) is 1. The van der Waals surface area contributed by atoms with Gasteiger partial charge in [-0.1, -0.05) is 19.1 Å². The van der Waals surface area contributed by atoms with E-state index < -0.39 is 6.43 Å². The van der Waals surface area contributed by atoms with Crippen LogP contribution in [-0.4, -0.2) is 87.6 Å². The molecule has 0 radical (unpaired) electrons. The third kappa shape index (κ3) is 6.15. The first-order chi connectivity index (χ1) is 19.0. The van der Waals surface area contributed by atoms with E-state index >= 15 is 0 Å². The summed E-state index contributed by atoms with van der Waals surface area (Å²) < 4.78 is 35.2. The van der Waals surface area contributed by atoms with Gasteiger partial charge in [-0.2, -0.15) is 9.97 Å². The minimum absolute atomic E-state index is 0.168. The monoisotopic (exact) mass is 543 g/mol. The number of anilines is 2. The molecule has 11 heteroatoms. The second kappa shape index (κ2) is 12.5. The predicted molar refractivity (Wildman–Crippen MR) is 148 cm³/mol. The molecule has 2 N–H and O–H groups in total. The Hall–Kier alpha value is -2.89. The Kier molecular flexibility index (Phi) is 8.89. The molecular weight excluding hydrogens is 504 g/mol. The number of alkyl halides is 2. The van der Waals surface area contributed by atoms with Gasteiger partial charge in [-0.15, -0.1) is 0 Å². The van der Waals surface area contributed by atoms with Crippen LogP contribution in [0.15, 0.2) is 30.3 Å². The van der Waals surface area contributed by atoms with Crippen LogP contribution in [0, 0.1) is 5.92 Å². The number of nitrogens with one attached hydrogen (secondary N) is 1. The number of aliphatic hydroxyl groups is 1. The van der Waals surface area contributed by atoms with Crippen molar-refractivity contribution < 1.29 is 18.6 Å². The molecule has 1 unspecified atom stereocenters. The number of benzene rings is 1. The molecule has 9 nitrogen and oxygen atoms in total. The summed E-state index contributed by atoms with van der Waals surface area (Å²) in [5.41, 5.74) is 1.09. The lowest BCUT2D eigenvalue weighted by atomic mass is 9.85. The van der Waals surface area contributed by atoms with E-state index in [9.17, 15) is 13.9 Å². The third-order valence-electron chi connectivity index (χ3n) is 8.07. The highest BCUT2D eigenvalue weighted by Crippen LogP contribution is 2.31. The van der Waals surface area contributed by atoms with Crippen LogP contribution in [0.4, 0.5) is 20.5 Å². The maximum atomic E-state index is 14.1. The van der Waals surface area contributed by atoms with E-state index in [0.29, 0.717) is 73.4 Å². The standard InChI is InChI=1S/C28H39F2N7O2/c1-3-36(19(2)18-38)21-10-8-20(9-11-21)17-31-28-33-24(35-12-14-39-15-13-35)16-25(34-28)37-23-7-5-4-6-22(23)32-27(37)26(29)30/h4-7,16,19-21,26,38H,3,8-15,17-18H2,1-2H3,(H,31,33,34). The molecular formula is C28H39F2N7O2. The Labute approximate surface area is 228 Å². The van der Waals surface area contributed by atoms with Crippen molar-refractivity contribution in [1.29, 1.82) is 0 Å². The van der Waals surface area contributed by atoms with Gasteiger partial charge in [0, 0.05) is 37.8 Å². The molecule has 2 aliphatic rings. The number of imidazole rings is 1. The normalized spacial score (nSPS) is 21.2. The smallest absolute Gasteiger partial charge is 0.296 e. The average molecular weight is 544 g/mol. The van der Waals surface area contributed by atoms with Gasteiger partial charge in [0.2, 0.25) is 5.95 Å². The maximum Gasteiger partial charge on any atom is 0.296 e. The molecule has 2 fully saturated rings. The van der Waals surface area contributed by atoms with Crippen molar-refractivity contribution in [3.8, 4) is 5.82 Å². The van der Waals surface area contributed by atoms with Gasteiger partial charge in [0.25, 0.3) is 6.43 Å². The molecule has 0 amide bonds. The molecule has 2 aromatic heterocycles. The number of ether oxygens (including phenoxy) is 1. The summed E-state index contributed by atoms with van der Waals surface area (Å²) in [5, 5.41) is 13.0. The van der Waals surface area contributed by atoms with E-state index in [1.165, 1.54) is 4.57 Å². The Morgan fingerprint density at radius 1 is 1.08 bits per heavy atom. The van der Waals surface area contributed by atoms with Crippen molar-refractivity contribution in [2.24, 2.45) is 5.92 Å². The van der Waals surface area contributed by atoms with Crippen LogP contribution in [0.3, 0.4) is 0 Å². The fourth-order valence-corrected chi connectivity index (χ4v) is 5.95. The van der Waals surface area contributed by atoms with Crippen molar-refractivity contribution in [3.05, 3.63) is 36.2 Å². The minimum atomic E-state index is -2.75. The fraction of sp³-hybridized carbons (Fsp3) is 0.607. The summed E-state index contributed by atoms with van der Waals surface area (Å²) >= 11 is 0. The van der Waals surface area contributed by atoms with Gasteiger partial charge in [0.1, 0.15) is 11.6 Å². The molecule has 3 heterocycles. The summed E-state index contributed by atoms with van der Waals surface area (Å²) in [6.45, 7) is 8.58. The molecule has 212 valence electrons. The van der Waals surface area contributed by atoms with Gasteiger partial charge >= 0.3 is 0 Å². The summed E-state index contributed by atoms with van der Waals surface area (Å²) in [4.78, 5) is 18.2. The molecule has 1 aliphatic carbocycles. The number of aromatic nitrogens is 4. The molecule has 0 bridgehead atoms. The molecule has 5 rings (SSSR count). The van der Waals surface area contributed by atoms with E-state index in [2.05, 4.69) is 33.9 Å². The average Bonchev–Trinajstić information content (AvgIpc) is 3.37. The van der Waals surface area contributed by atoms with Gasteiger partial charge in [0.15, 0.2) is 5.82 Å². The van der Waals surface area contributed by atoms with Crippen LogP contribution in [0.1, 0.15) is 51.8 Å². The van der Waals surface area contributed by atoms with E-state index in [-0.39, 0.29) is 18.5 Å². The van der Waals surface area contributed by atoms with Crippen LogP contribution in [0.5, 0.6) is 0 Å². The highest BCUT2D eigenvalue weighted by molar-refractivity contribution is 5.78. The number of hydrogen-bond donors (Lipinski definition) is 2. The zero-order valence-electron chi connectivity index (χ0n) is 22.8. The quantitative estimate of drug-likeness (QED) is 0.392. The van der Waals surface area contributed by atoms with E-state index in [1.807, 2.05) is 6.07 Å². The van der Waals surface area contributed by atoms with Gasteiger partial charge in [0.05, 0.1) is 30.9 Å². The Balaban J connectivity index is 1.38. The molecule has 1 aromatic carbocycles. The first-order valence-electron chi connectivity index (χ1n) is 14.1. The molecule has 1 atom stereocenters. The van der Waals surface area contributed by atoms with Gasteiger partial charge in [-0.05, 0) is 57.2 Å². The molecule has 1 aliphatic heterocycles. The zero-order chi connectivity index (χ0) is 27.4. The van der Waals surface area contributed by atoms with Gasteiger partial charge < -0.3 is 20.1 Å². The highest BCUT2D eigenvalue weighted by Gasteiger charge is 2.28. The number of para-hydroxylation sites is 2.